The summed E-state index contributed by atoms with van der Waals surface area (Å²) in [5.74, 6) is -0.807. The first-order valence-electron chi connectivity index (χ1n) is 6.73. The molecule has 2 aromatic carbocycles. The molecule has 0 saturated heterocycles. The van der Waals surface area contributed by atoms with E-state index >= 15 is 0 Å². The van der Waals surface area contributed by atoms with Crippen molar-refractivity contribution in [1.29, 1.82) is 0 Å². The second-order valence-corrected chi connectivity index (χ2v) is 7.17. The minimum Gasteiger partial charge on any atom is -0.433 e. The smallest absolute Gasteiger partial charge is 0.322 e. The quantitative estimate of drug-likeness (QED) is 0.817. The van der Waals surface area contributed by atoms with Gasteiger partial charge in [-0.1, -0.05) is 42.5 Å². The molecular weight excluding hydrogens is 300 g/mol. The second kappa shape index (κ2) is 5.42. The van der Waals surface area contributed by atoms with Gasteiger partial charge in [0.15, 0.2) is 9.84 Å². The van der Waals surface area contributed by atoms with Gasteiger partial charge in [-0.3, -0.25) is 4.79 Å². The van der Waals surface area contributed by atoms with Gasteiger partial charge in [-0.25, -0.2) is 8.42 Å². The van der Waals surface area contributed by atoms with E-state index in [1.54, 1.807) is 12.1 Å². The van der Waals surface area contributed by atoms with E-state index in [4.69, 9.17) is 4.74 Å². The Morgan fingerprint density at radius 1 is 0.955 bits per heavy atom. The van der Waals surface area contributed by atoms with Gasteiger partial charge < -0.3 is 4.74 Å². The third-order valence-electron chi connectivity index (χ3n) is 3.60. The van der Waals surface area contributed by atoms with E-state index < -0.39 is 15.8 Å². The highest BCUT2D eigenvalue weighted by Gasteiger charge is 2.32. The molecule has 3 rings (SSSR count). The first-order valence-corrected chi connectivity index (χ1v) is 8.62. The molecule has 0 fully saturated rings. The maximum absolute atomic E-state index is 12.0. The number of benzene rings is 2. The molecule has 0 aromatic heterocycles. The number of esters is 1. The third kappa shape index (κ3) is 2.67. The highest BCUT2D eigenvalue weighted by atomic mass is 32.2. The maximum atomic E-state index is 12.0. The lowest BCUT2D eigenvalue weighted by Crippen LogP contribution is -2.09. The van der Waals surface area contributed by atoms with Crippen LogP contribution in [0, 0.1) is 0 Å². The molecule has 22 heavy (non-hydrogen) atoms. The molecule has 0 bridgehead atoms. The van der Waals surface area contributed by atoms with E-state index in [2.05, 4.69) is 0 Å². The molecule has 5 heteroatoms. The Morgan fingerprint density at radius 2 is 1.59 bits per heavy atom. The number of ether oxygens (including phenoxy) is 1. The summed E-state index contributed by atoms with van der Waals surface area (Å²) in [7, 11) is -3.24. The van der Waals surface area contributed by atoms with Crippen LogP contribution in [0.25, 0.3) is 5.57 Å². The van der Waals surface area contributed by atoms with Crippen molar-refractivity contribution < 1.29 is 17.9 Å². The summed E-state index contributed by atoms with van der Waals surface area (Å²) < 4.78 is 28.1. The summed E-state index contributed by atoms with van der Waals surface area (Å²) >= 11 is 0. The Morgan fingerprint density at radius 3 is 2.18 bits per heavy atom. The van der Waals surface area contributed by atoms with Crippen LogP contribution in [-0.4, -0.2) is 20.6 Å². The van der Waals surface area contributed by atoms with Crippen LogP contribution in [0.4, 0.5) is 0 Å². The number of hydrogen-bond donors (Lipinski definition) is 0. The van der Waals surface area contributed by atoms with Gasteiger partial charge in [-0.05, 0) is 23.3 Å². The van der Waals surface area contributed by atoms with Crippen molar-refractivity contribution in [3.63, 3.8) is 0 Å². The van der Waals surface area contributed by atoms with Crippen molar-refractivity contribution in [1.82, 2.24) is 0 Å². The molecule has 1 aliphatic heterocycles. The van der Waals surface area contributed by atoms with E-state index in [1.165, 1.54) is 18.4 Å². The fraction of sp³-hybridized carbons (Fsp3) is 0.118. The lowest BCUT2D eigenvalue weighted by molar-refractivity contribution is -0.136. The van der Waals surface area contributed by atoms with Crippen LogP contribution in [0.5, 0.6) is 0 Å². The molecule has 1 atom stereocenters. The Bertz CT molecular complexity index is 834. The highest BCUT2D eigenvalue weighted by molar-refractivity contribution is 7.90. The van der Waals surface area contributed by atoms with Crippen molar-refractivity contribution in [2.45, 2.75) is 10.8 Å². The number of hydrogen-bond acceptors (Lipinski definition) is 4. The van der Waals surface area contributed by atoms with Crippen LogP contribution in [0.2, 0.25) is 0 Å². The predicted octanol–water partition coefficient (Wildman–Crippen LogP) is 2.77. The average molecular weight is 314 g/mol. The van der Waals surface area contributed by atoms with E-state index in [0.29, 0.717) is 0 Å². The topological polar surface area (TPSA) is 60.4 Å². The summed E-state index contributed by atoms with van der Waals surface area (Å²) in [6.45, 7) is 0. The molecule has 112 valence electrons. The third-order valence-corrected chi connectivity index (χ3v) is 4.73. The first-order chi connectivity index (χ1) is 10.5. The van der Waals surface area contributed by atoms with Crippen molar-refractivity contribution in [2.75, 3.05) is 6.26 Å². The van der Waals surface area contributed by atoms with Crippen molar-refractivity contribution in [3.8, 4) is 0 Å². The summed E-state index contributed by atoms with van der Waals surface area (Å²) in [6.07, 6.45) is 2.60. The Balaban J connectivity index is 1.99. The molecule has 2 aromatic rings. The number of carbonyl (C=O) groups is 1. The lowest BCUT2D eigenvalue weighted by atomic mass is 9.89. The van der Waals surface area contributed by atoms with Gasteiger partial charge in [0.2, 0.25) is 0 Å². The van der Waals surface area contributed by atoms with Crippen LogP contribution >= 0.6 is 0 Å². The minimum atomic E-state index is -3.24. The second-order valence-electron chi connectivity index (χ2n) is 5.15. The van der Waals surface area contributed by atoms with Crippen LogP contribution in [0.15, 0.2) is 65.8 Å². The van der Waals surface area contributed by atoms with Gasteiger partial charge in [-0.2, -0.15) is 0 Å². The largest absolute Gasteiger partial charge is 0.433 e. The molecule has 0 aliphatic carbocycles. The molecule has 0 amide bonds. The van der Waals surface area contributed by atoms with Crippen molar-refractivity contribution in [3.05, 3.63) is 72.0 Å². The van der Waals surface area contributed by atoms with Gasteiger partial charge in [0, 0.05) is 11.8 Å². The zero-order valence-corrected chi connectivity index (χ0v) is 12.7. The molecule has 0 radical (unpaired) electrons. The van der Waals surface area contributed by atoms with Crippen molar-refractivity contribution in [2.24, 2.45) is 0 Å². The Kier molecular flexibility index (Phi) is 3.58. The van der Waals surface area contributed by atoms with Crippen LogP contribution in [0.3, 0.4) is 0 Å². The molecule has 1 aliphatic rings. The predicted molar refractivity (Wildman–Crippen MR) is 82.8 cm³/mol. The number of cyclic esters (lactones) is 1. The van der Waals surface area contributed by atoms with Gasteiger partial charge in [0.05, 0.1) is 11.2 Å². The van der Waals surface area contributed by atoms with Crippen LogP contribution < -0.4 is 0 Å². The molecule has 1 heterocycles. The SMILES string of the molecule is CS(=O)(=O)c1ccc(C2=COC(=O)[C@H]2c2ccccc2)cc1. The van der Waals surface area contributed by atoms with E-state index in [0.717, 1.165) is 23.0 Å². The average Bonchev–Trinajstić information content (AvgIpc) is 2.89. The molecule has 0 unspecified atom stereocenters. The molecule has 4 nitrogen and oxygen atoms in total. The van der Waals surface area contributed by atoms with Gasteiger partial charge >= 0.3 is 5.97 Å². The molecule has 0 N–H and O–H groups in total. The summed E-state index contributed by atoms with van der Waals surface area (Å²) in [5.41, 5.74) is 2.35. The minimum absolute atomic E-state index is 0.248. The zero-order chi connectivity index (χ0) is 15.7. The van der Waals surface area contributed by atoms with E-state index in [1.807, 2.05) is 30.3 Å². The molecule has 0 saturated carbocycles. The first kappa shape index (κ1) is 14.5. The number of carbonyl (C=O) groups excluding carboxylic acids is 1. The summed E-state index contributed by atoms with van der Waals surface area (Å²) in [6, 6.07) is 15.8. The standard InChI is InChI=1S/C17H14O4S/c1-22(19,20)14-9-7-12(8-10-14)15-11-21-17(18)16(15)13-5-3-2-4-6-13/h2-11,16H,1H3/t16-/m0/s1. The van der Waals surface area contributed by atoms with Crippen LogP contribution in [0.1, 0.15) is 17.0 Å². The molecular formula is C17H14O4S. The van der Waals surface area contributed by atoms with E-state index in [-0.39, 0.29) is 10.9 Å². The highest BCUT2D eigenvalue weighted by Crippen LogP contribution is 2.37. The fourth-order valence-corrected chi connectivity index (χ4v) is 3.11. The monoisotopic (exact) mass is 314 g/mol. The zero-order valence-electron chi connectivity index (χ0n) is 11.9. The number of rotatable bonds is 3. The van der Waals surface area contributed by atoms with Crippen LogP contribution in [-0.2, 0) is 19.4 Å². The van der Waals surface area contributed by atoms with Gasteiger partial charge in [0.25, 0.3) is 0 Å². The summed E-state index contributed by atoms with van der Waals surface area (Å²) in [4.78, 5) is 12.3. The van der Waals surface area contributed by atoms with Crippen molar-refractivity contribution >= 4 is 21.4 Å². The normalized spacial score (nSPS) is 18.0. The summed E-state index contributed by atoms with van der Waals surface area (Å²) in [5, 5.41) is 0. The number of sulfone groups is 1. The van der Waals surface area contributed by atoms with E-state index in [9.17, 15) is 13.2 Å². The molecule has 0 spiro atoms. The Labute approximate surface area is 129 Å². The maximum Gasteiger partial charge on any atom is 0.322 e. The lowest BCUT2D eigenvalue weighted by Gasteiger charge is -2.12. The Hall–Kier alpha value is -2.40. The van der Waals surface area contributed by atoms with Gasteiger partial charge in [0.1, 0.15) is 5.92 Å². The fourth-order valence-electron chi connectivity index (χ4n) is 2.48. The van der Waals surface area contributed by atoms with Gasteiger partial charge in [-0.15, -0.1) is 0 Å².